The van der Waals surface area contributed by atoms with Gasteiger partial charge in [-0.25, -0.2) is 9.97 Å². The van der Waals surface area contributed by atoms with Crippen LogP contribution in [0.15, 0.2) is 67.0 Å². The number of imidazole rings is 1. The molecule has 1 atom stereocenters. The zero-order chi connectivity index (χ0) is 24.7. The summed E-state index contributed by atoms with van der Waals surface area (Å²) < 4.78 is 8.05. The van der Waals surface area contributed by atoms with Crippen molar-refractivity contribution >= 4 is 45.7 Å². The van der Waals surface area contributed by atoms with Gasteiger partial charge in [0.25, 0.3) is 5.91 Å². The Bertz CT molecular complexity index is 1580. The Hall–Kier alpha value is -3.88. The van der Waals surface area contributed by atoms with Crippen LogP contribution in [0.5, 0.6) is 5.75 Å². The van der Waals surface area contributed by atoms with Crippen LogP contribution in [-0.4, -0.2) is 20.4 Å². The van der Waals surface area contributed by atoms with E-state index in [4.69, 9.17) is 27.8 Å². The Kier molecular flexibility index (Phi) is 5.92. The number of primary amides is 1. The van der Waals surface area contributed by atoms with Crippen LogP contribution < -0.4 is 16.2 Å². The molecule has 0 aliphatic carbocycles. The number of aromatic nitrogens is 3. The third-order valence-electron chi connectivity index (χ3n) is 5.76. The van der Waals surface area contributed by atoms with E-state index in [1.807, 2.05) is 60.9 Å². The highest BCUT2D eigenvalue weighted by Gasteiger charge is 2.21. The number of thiophene rings is 1. The summed E-state index contributed by atoms with van der Waals surface area (Å²) in [7, 11) is 0. The lowest BCUT2D eigenvalue weighted by atomic mass is 10.0. The molecule has 9 heteroatoms. The van der Waals surface area contributed by atoms with Crippen LogP contribution in [-0.2, 0) is 0 Å². The number of rotatable bonds is 6. The molecule has 0 radical (unpaired) electrons. The minimum absolute atomic E-state index is 0.334. The van der Waals surface area contributed by atoms with E-state index < -0.39 is 5.91 Å². The molecule has 5 aromatic rings. The minimum atomic E-state index is -0.555. The van der Waals surface area contributed by atoms with Crippen molar-refractivity contribution in [2.45, 2.75) is 20.0 Å². The fourth-order valence-corrected chi connectivity index (χ4v) is 5.26. The lowest BCUT2D eigenvalue weighted by molar-refractivity contribution is 0.0998. The molecule has 0 fully saturated rings. The number of nitrogens with two attached hydrogens (primary N) is 2. The average molecular weight is 504 g/mol. The first-order chi connectivity index (χ1) is 16.8. The molecular formula is C26H22ClN5O2S. The van der Waals surface area contributed by atoms with Crippen molar-refractivity contribution < 1.29 is 9.53 Å². The molecule has 3 heterocycles. The number of hydrogen-bond acceptors (Lipinski definition) is 6. The van der Waals surface area contributed by atoms with Crippen LogP contribution in [0.4, 0.5) is 5.82 Å². The number of carbonyl (C=O) groups excluding carboxylic acids is 1. The summed E-state index contributed by atoms with van der Waals surface area (Å²) in [5.74, 6) is 0.342. The van der Waals surface area contributed by atoms with Gasteiger partial charge in [0.05, 0.1) is 11.0 Å². The quantitative estimate of drug-likeness (QED) is 0.298. The number of aryl methyl sites for hydroxylation is 1. The fourth-order valence-electron chi connectivity index (χ4n) is 4.04. The highest BCUT2D eigenvalue weighted by atomic mass is 35.5. The van der Waals surface area contributed by atoms with Gasteiger partial charge in [-0.05, 0) is 49.7 Å². The number of fused-ring (bicyclic) bond motifs is 1. The summed E-state index contributed by atoms with van der Waals surface area (Å²) in [6.07, 6.45) is 1.35. The van der Waals surface area contributed by atoms with Gasteiger partial charge >= 0.3 is 0 Å². The molecule has 0 saturated carbocycles. The van der Waals surface area contributed by atoms with Crippen LogP contribution in [0.25, 0.3) is 27.2 Å². The molecule has 176 valence electrons. The summed E-state index contributed by atoms with van der Waals surface area (Å²) in [4.78, 5) is 21.5. The lowest BCUT2D eigenvalue weighted by Crippen LogP contribution is -2.12. The Morgan fingerprint density at radius 3 is 2.69 bits per heavy atom. The van der Waals surface area contributed by atoms with E-state index in [-0.39, 0.29) is 6.10 Å². The highest BCUT2D eigenvalue weighted by Crippen LogP contribution is 2.37. The normalized spacial score (nSPS) is 12.1. The summed E-state index contributed by atoms with van der Waals surface area (Å²) in [5, 5.41) is 1.36. The van der Waals surface area contributed by atoms with Gasteiger partial charge in [0.1, 0.15) is 33.9 Å². The minimum Gasteiger partial charge on any atom is -0.484 e. The van der Waals surface area contributed by atoms with E-state index in [1.165, 1.54) is 11.3 Å². The third-order valence-corrected chi connectivity index (χ3v) is 7.23. The highest BCUT2D eigenvalue weighted by molar-refractivity contribution is 7.16. The first kappa shape index (κ1) is 22.9. The van der Waals surface area contributed by atoms with Gasteiger partial charge in [0.15, 0.2) is 0 Å². The number of pyridine rings is 1. The SMILES string of the molecule is Cc1nc(N)ccc1-c1ccc2c(c1)ncn2-c1cc(O[C@H](C)c2ccccc2Cl)c(C(N)=O)s1. The number of nitrogen functional groups attached to an aromatic ring is 1. The molecule has 0 aliphatic heterocycles. The predicted octanol–water partition coefficient (Wildman–Crippen LogP) is 5.93. The largest absolute Gasteiger partial charge is 0.484 e. The Balaban J connectivity index is 1.51. The number of ether oxygens (including phenoxy) is 1. The van der Waals surface area contributed by atoms with Crippen molar-refractivity contribution in [3.63, 3.8) is 0 Å². The van der Waals surface area contributed by atoms with Crippen LogP contribution in [0, 0.1) is 6.92 Å². The third kappa shape index (κ3) is 4.34. The fraction of sp³-hybridized carbons (Fsp3) is 0.115. The number of nitrogens with zero attached hydrogens (tertiary/aromatic N) is 3. The molecule has 0 saturated heterocycles. The lowest BCUT2D eigenvalue weighted by Gasteiger charge is -2.16. The molecule has 0 bridgehead atoms. The first-order valence-corrected chi connectivity index (χ1v) is 12.1. The zero-order valence-corrected chi connectivity index (χ0v) is 20.6. The zero-order valence-electron chi connectivity index (χ0n) is 19.0. The number of amides is 1. The van der Waals surface area contributed by atoms with Gasteiger partial charge in [0, 0.05) is 27.9 Å². The molecule has 1 amide bonds. The van der Waals surface area contributed by atoms with E-state index in [9.17, 15) is 4.79 Å². The van der Waals surface area contributed by atoms with Crippen molar-refractivity contribution in [2.24, 2.45) is 5.73 Å². The second-order valence-electron chi connectivity index (χ2n) is 8.11. The van der Waals surface area contributed by atoms with Crippen molar-refractivity contribution in [3.8, 4) is 21.9 Å². The molecule has 0 spiro atoms. The maximum atomic E-state index is 12.2. The maximum absolute atomic E-state index is 12.2. The Morgan fingerprint density at radius 2 is 1.94 bits per heavy atom. The monoisotopic (exact) mass is 503 g/mol. The van der Waals surface area contributed by atoms with Crippen molar-refractivity contribution in [3.05, 3.63) is 88.1 Å². The number of carbonyl (C=O) groups is 1. The number of benzene rings is 2. The molecule has 0 aliphatic rings. The second kappa shape index (κ2) is 9.05. The number of halogens is 1. The van der Waals surface area contributed by atoms with Crippen molar-refractivity contribution in [1.29, 1.82) is 0 Å². The molecule has 0 unspecified atom stereocenters. The Morgan fingerprint density at radius 1 is 1.14 bits per heavy atom. The summed E-state index contributed by atoms with van der Waals surface area (Å²) in [6, 6.07) is 19.0. The van der Waals surface area contributed by atoms with Crippen LogP contribution in [0.1, 0.15) is 34.0 Å². The first-order valence-electron chi connectivity index (χ1n) is 10.9. The number of hydrogen-bond donors (Lipinski definition) is 2. The van der Waals surface area contributed by atoms with Gasteiger partial charge in [-0.15, -0.1) is 11.3 Å². The van der Waals surface area contributed by atoms with Crippen molar-refractivity contribution in [1.82, 2.24) is 14.5 Å². The standard InChI is InChI=1S/C26H22ClN5O2S/c1-14-17(8-10-23(28)31-14)16-7-9-21-20(11-16)30-13-32(21)24-12-22(25(35-24)26(29)33)34-15(2)18-5-3-4-6-19(18)27/h3-13,15H,1-2H3,(H2,28,31)(H2,29,33)/t15-/m1/s1. The molecule has 3 aromatic heterocycles. The van der Waals surface area contributed by atoms with Crippen LogP contribution >= 0.6 is 22.9 Å². The van der Waals surface area contributed by atoms with Gasteiger partial charge in [-0.2, -0.15) is 0 Å². The van der Waals surface area contributed by atoms with E-state index in [1.54, 1.807) is 24.5 Å². The number of anilines is 1. The topological polar surface area (TPSA) is 109 Å². The Labute approximate surface area is 211 Å². The summed E-state index contributed by atoms with van der Waals surface area (Å²) >= 11 is 7.58. The second-order valence-corrected chi connectivity index (χ2v) is 9.55. The summed E-state index contributed by atoms with van der Waals surface area (Å²) in [5.41, 5.74) is 16.8. The van der Waals surface area contributed by atoms with E-state index in [2.05, 4.69) is 9.97 Å². The van der Waals surface area contributed by atoms with Crippen LogP contribution in [0.2, 0.25) is 5.02 Å². The molecule has 5 rings (SSSR count). The molecule has 35 heavy (non-hydrogen) atoms. The summed E-state index contributed by atoms with van der Waals surface area (Å²) in [6.45, 7) is 3.81. The van der Waals surface area contributed by atoms with E-state index in [0.29, 0.717) is 21.5 Å². The van der Waals surface area contributed by atoms with E-state index in [0.717, 1.165) is 38.4 Å². The van der Waals surface area contributed by atoms with Gasteiger partial charge in [-0.1, -0.05) is 35.9 Å². The van der Waals surface area contributed by atoms with Crippen LogP contribution in [0.3, 0.4) is 0 Å². The molecule has 2 aromatic carbocycles. The predicted molar refractivity (Wildman–Crippen MR) is 140 cm³/mol. The van der Waals surface area contributed by atoms with Crippen molar-refractivity contribution in [2.75, 3.05) is 5.73 Å². The molecule has 7 nitrogen and oxygen atoms in total. The molecular weight excluding hydrogens is 482 g/mol. The molecule has 4 N–H and O–H groups in total. The average Bonchev–Trinajstić information content (AvgIpc) is 3.43. The van der Waals surface area contributed by atoms with Gasteiger partial charge in [-0.3, -0.25) is 9.36 Å². The van der Waals surface area contributed by atoms with Gasteiger partial charge < -0.3 is 16.2 Å². The van der Waals surface area contributed by atoms with Gasteiger partial charge in [0.2, 0.25) is 0 Å². The smallest absolute Gasteiger partial charge is 0.262 e. The maximum Gasteiger partial charge on any atom is 0.262 e. The van der Waals surface area contributed by atoms with E-state index >= 15 is 0 Å².